The number of rotatable bonds is 4. The number of halogens is 4. The summed E-state index contributed by atoms with van der Waals surface area (Å²) in [5.74, 6) is -0.600. The number of benzene rings is 2. The first-order valence-electron chi connectivity index (χ1n) is 5.52. The van der Waals surface area contributed by atoms with E-state index in [0.717, 1.165) is 11.1 Å². The highest BCUT2D eigenvalue weighted by Gasteiger charge is 2.03. The lowest BCUT2D eigenvalue weighted by atomic mass is 10.2. The Morgan fingerprint density at radius 3 is 1.58 bits per heavy atom. The van der Waals surface area contributed by atoms with E-state index in [1.54, 1.807) is 24.3 Å². The minimum Gasteiger partial charge on any atom is -0.372 e. The average Bonchev–Trinajstić information content (AvgIpc) is 2.38. The molecule has 19 heavy (non-hydrogen) atoms. The monoisotopic (exact) mass is 390 g/mol. The molecule has 2 aromatic carbocycles. The molecule has 0 aliphatic heterocycles. The van der Waals surface area contributed by atoms with Gasteiger partial charge in [0.1, 0.15) is 11.6 Å². The van der Waals surface area contributed by atoms with Gasteiger partial charge in [-0.15, -0.1) is 0 Å². The third-order valence-electron chi connectivity index (χ3n) is 2.51. The zero-order valence-electron chi connectivity index (χ0n) is 9.80. The van der Waals surface area contributed by atoms with Gasteiger partial charge in [-0.25, -0.2) is 8.78 Å². The van der Waals surface area contributed by atoms with Gasteiger partial charge in [0.2, 0.25) is 0 Å². The smallest absolute Gasteiger partial charge is 0.137 e. The molecule has 0 spiro atoms. The summed E-state index contributed by atoms with van der Waals surface area (Å²) >= 11 is 6.24. The maximum atomic E-state index is 13.0. The molecule has 1 nitrogen and oxygen atoms in total. The van der Waals surface area contributed by atoms with Crippen LogP contribution in [0.25, 0.3) is 0 Å². The highest BCUT2D eigenvalue weighted by molar-refractivity contribution is 9.10. The van der Waals surface area contributed by atoms with Gasteiger partial charge in [0, 0.05) is 0 Å². The lowest BCUT2D eigenvalue weighted by Gasteiger charge is -2.06. The van der Waals surface area contributed by atoms with Crippen molar-refractivity contribution in [3.8, 4) is 0 Å². The first kappa shape index (κ1) is 14.6. The molecule has 0 radical (unpaired) electrons. The Morgan fingerprint density at radius 1 is 0.789 bits per heavy atom. The normalized spacial score (nSPS) is 10.7. The predicted molar refractivity (Wildman–Crippen MR) is 76.7 cm³/mol. The largest absolute Gasteiger partial charge is 0.372 e. The summed E-state index contributed by atoms with van der Waals surface area (Å²) in [4.78, 5) is 0. The Morgan fingerprint density at radius 2 is 1.21 bits per heavy atom. The minimum atomic E-state index is -0.300. The van der Waals surface area contributed by atoms with E-state index >= 15 is 0 Å². The second-order valence-electron chi connectivity index (χ2n) is 3.99. The van der Waals surface area contributed by atoms with Crippen LogP contribution in [0.1, 0.15) is 11.1 Å². The minimum absolute atomic E-state index is 0.300. The SMILES string of the molecule is Fc1ccc(COCc2ccc(F)c(Br)c2)cc1Br. The fourth-order valence-corrected chi connectivity index (χ4v) is 2.40. The van der Waals surface area contributed by atoms with Crippen LogP contribution in [0.5, 0.6) is 0 Å². The molecule has 0 aliphatic carbocycles. The van der Waals surface area contributed by atoms with Crippen molar-refractivity contribution in [2.24, 2.45) is 0 Å². The summed E-state index contributed by atoms with van der Waals surface area (Å²) in [6.45, 7) is 0.738. The van der Waals surface area contributed by atoms with Crippen molar-refractivity contribution in [1.29, 1.82) is 0 Å². The molecular formula is C14H10Br2F2O. The Labute approximate surface area is 126 Å². The van der Waals surface area contributed by atoms with E-state index in [-0.39, 0.29) is 11.6 Å². The van der Waals surface area contributed by atoms with Crippen molar-refractivity contribution in [2.75, 3.05) is 0 Å². The van der Waals surface area contributed by atoms with Gasteiger partial charge in [-0.3, -0.25) is 0 Å². The predicted octanol–water partition coefficient (Wildman–Crippen LogP) is 5.21. The first-order valence-corrected chi connectivity index (χ1v) is 7.10. The van der Waals surface area contributed by atoms with Crippen LogP contribution in [0.4, 0.5) is 8.78 Å². The molecule has 0 saturated heterocycles. The maximum absolute atomic E-state index is 13.0. The topological polar surface area (TPSA) is 9.23 Å². The van der Waals surface area contributed by atoms with Gasteiger partial charge >= 0.3 is 0 Å². The molecule has 0 amide bonds. The molecule has 2 aromatic rings. The zero-order valence-corrected chi connectivity index (χ0v) is 13.0. The van der Waals surface area contributed by atoms with Crippen LogP contribution < -0.4 is 0 Å². The highest BCUT2D eigenvalue weighted by atomic mass is 79.9. The lowest BCUT2D eigenvalue weighted by Crippen LogP contribution is -1.95. The summed E-state index contributed by atoms with van der Waals surface area (Å²) in [5, 5.41) is 0. The molecule has 5 heteroatoms. The van der Waals surface area contributed by atoms with Crippen LogP contribution in [0.3, 0.4) is 0 Å². The summed E-state index contributed by atoms with van der Waals surface area (Å²) in [6, 6.07) is 9.46. The molecule has 0 heterocycles. The van der Waals surface area contributed by atoms with Crippen molar-refractivity contribution < 1.29 is 13.5 Å². The Bertz CT molecular complexity index is 536. The van der Waals surface area contributed by atoms with Crippen LogP contribution in [0, 0.1) is 11.6 Å². The van der Waals surface area contributed by atoms with Crippen molar-refractivity contribution in [2.45, 2.75) is 13.2 Å². The van der Waals surface area contributed by atoms with E-state index in [2.05, 4.69) is 31.9 Å². The van der Waals surface area contributed by atoms with Gasteiger partial charge < -0.3 is 4.74 Å². The number of ether oxygens (including phenoxy) is 1. The van der Waals surface area contributed by atoms with Crippen molar-refractivity contribution in [1.82, 2.24) is 0 Å². The molecular weight excluding hydrogens is 382 g/mol. The Balaban J connectivity index is 1.92. The highest BCUT2D eigenvalue weighted by Crippen LogP contribution is 2.19. The molecule has 0 aromatic heterocycles. The van der Waals surface area contributed by atoms with Crippen LogP contribution in [0.15, 0.2) is 45.3 Å². The van der Waals surface area contributed by atoms with Crippen molar-refractivity contribution in [3.63, 3.8) is 0 Å². The fraction of sp³-hybridized carbons (Fsp3) is 0.143. The van der Waals surface area contributed by atoms with Gasteiger partial charge in [0.25, 0.3) is 0 Å². The average molecular weight is 392 g/mol. The fourth-order valence-electron chi connectivity index (χ4n) is 1.55. The zero-order chi connectivity index (χ0) is 13.8. The van der Waals surface area contributed by atoms with Crippen LogP contribution in [0.2, 0.25) is 0 Å². The first-order chi connectivity index (χ1) is 9.06. The third kappa shape index (κ3) is 4.09. The van der Waals surface area contributed by atoms with E-state index in [1.807, 2.05) is 0 Å². The lowest BCUT2D eigenvalue weighted by molar-refractivity contribution is 0.107. The Hall–Kier alpha value is -0.780. The van der Waals surface area contributed by atoms with Gasteiger partial charge in [-0.1, -0.05) is 12.1 Å². The molecule has 100 valence electrons. The molecule has 0 bridgehead atoms. The number of hydrogen-bond donors (Lipinski definition) is 0. The van der Waals surface area contributed by atoms with E-state index in [0.29, 0.717) is 22.2 Å². The van der Waals surface area contributed by atoms with Crippen LogP contribution >= 0.6 is 31.9 Å². The molecule has 2 rings (SSSR count). The van der Waals surface area contributed by atoms with E-state index < -0.39 is 0 Å². The van der Waals surface area contributed by atoms with Crippen LogP contribution in [-0.4, -0.2) is 0 Å². The van der Waals surface area contributed by atoms with E-state index in [4.69, 9.17) is 4.74 Å². The van der Waals surface area contributed by atoms with Gasteiger partial charge in [0.15, 0.2) is 0 Å². The summed E-state index contributed by atoms with van der Waals surface area (Å²) < 4.78 is 32.4. The summed E-state index contributed by atoms with van der Waals surface area (Å²) in [5.41, 5.74) is 1.74. The second-order valence-corrected chi connectivity index (χ2v) is 5.70. The summed E-state index contributed by atoms with van der Waals surface area (Å²) in [7, 11) is 0. The standard InChI is InChI=1S/C14H10Br2F2O/c15-11-5-9(1-3-13(11)17)7-19-8-10-2-4-14(18)12(16)6-10/h1-6H,7-8H2. The molecule has 0 aliphatic rings. The third-order valence-corrected chi connectivity index (χ3v) is 3.72. The molecule has 0 saturated carbocycles. The quantitative estimate of drug-likeness (QED) is 0.695. The summed E-state index contributed by atoms with van der Waals surface area (Å²) in [6.07, 6.45) is 0. The van der Waals surface area contributed by atoms with Gasteiger partial charge in [-0.05, 0) is 67.3 Å². The van der Waals surface area contributed by atoms with E-state index in [1.165, 1.54) is 12.1 Å². The second kappa shape index (κ2) is 6.59. The van der Waals surface area contributed by atoms with Crippen molar-refractivity contribution in [3.05, 3.63) is 68.1 Å². The maximum Gasteiger partial charge on any atom is 0.137 e. The van der Waals surface area contributed by atoms with E-state index in [9.17, 15) is 8.78 Å². The Kier molecular flexibility index (Phi) is 5.07. The molecule has 0 N–H and O–H groups in total. The van der Waals surface area contributed by atoms with Crippen molar-refractivity contribution >= 4 is 31.9 Å². The van der Waals surface area contributed by atoms with Gasteiger partial charge in [0.05, 0.1) is 22.2 Å². The molecule has 0 fully saturated rings. The van der Waals surface area contributed by atoms with Gasteiger partial charge in [-0.2, -0.15) is 0 Å². The van der Waals surface area contributed by atoms with Crippen LogP contribution in [-0.2, 0) is 18.0 Å². The molecule has 0 unspecified atom stereocenters. The molecule has 0 atom stereocenters. The number of hydrogen-bond acceptors (Lipinski definition) is 1.